The third kappa shape index (κ3) is 3.27. The van der Waals surface area contributed by atoms with Crippen molar-refractivity contribution < 1.29 is 4.79 Å². The van der Waals surface area contributed by atoms with Gasteiger partial charge in [0.2, 0.25) is 5.91 Å². The highest BCUT2D eigenvalue weighted by Crippen LogP contribution is 2.49. The van der Waals surface area contributed by atoms with Crippen molar-refractivity contribution in [2.75, 3.05) is 0 Å². The number of nitrogens with one attached hydrogen (secondary N) is 1. The van der Waals surface area contributed by atoms with Gasteiger partial charge < -0.3 is 5.32 Å². The molecule has 4 heteroatoms. The smallest absolute Gasteiger partial charge is 0.224 e. The average molecular weight is 277 g/mol. The summed E-state index contributed by atoms with van der Waals surface area (Å²) < 4.78 is 0. The summed E-state index contributed by atoms with van der Waals surface area (Å²) in [5, 5.41) is 12.5. The summed E-state index contributed by atoms with van der Waals surface area (Å²) in [6.07, 6.45) is 2.41. The number of nitrogens with zero attached hydrogens (tertiary/aromatic N) is 1. The second-order valence-electron chi connectivity index (χ2n) is 4.95. The molecule has 1 saturated carbocycles. The number of hydrogen-bond donors (Lipinski definition) is 1. The molecule has 0 heterocycles. The number of rotatable bonds is 5. The van der Waals surface area contributed by atoms with Crippen LogP contribution in [-0.4, -0.2) is 11.9 Å². The number of halogens is 1. The van der Waals surface area contributed by atoms with Gasteiger partial charge in [0.15, 0.2) is 0 Å². The first kappa shape index (κ1) is 13.9. The Balaban J connectivity index is 1.94. The van der Waals surface area contributed by atoms with Gasteiger partial charge in [-0.25, -0.2) is 0 Å². The largest absolute Gasteiger partial charge is 0.340 e. The summed E-state index contributed by atoms with van der Waals surface area (Å²) >= 11 is 6.13. The molecule has 1 amide bonds. The van der Waals surface area contributed by atoms with E-state index in [4.69, 9.17) is 16.9 Å². The maximum Gasteiger partial charge on any atom is 0.224 e. The molecule has 0 spiro atoms. The van der Waals surface area contributed by atoms with Gasteiger partial charge in [0, 0.05) is 10.9 Å². The predicted molar refractivity (Wildman–Crippen MR) is 74.8 cm³/mol. The van der Waals surface area contributed by atoms with Gasteiger partial charge in [0.1, 0.15) is 6.04 Å². The van der Waals surface area contributed by atoms with E-state index in [9.17, 15) is 4.79 Å². The molecule has 3 atom stereocenters. The van der Waals surface area contributed by atoms with Crippen molar-refractivity contribution in [1.29, 1.82) is 5.26 Å². The third-order valence-electron chi connectivity index (χ3n) is 3.48. The van der Waals surface area contributed by atoms with E-state index in [1.807, 2.05) is 31.2 Å². The molecule has 0 aliphatic heterocycles. The van der Waals surface area contributed by atoms with Crippen LogP contribution in [0.2, 0.25) is 5.02 Å². The monoisotopic (exact) mass is 276 g/mol. The van der Waals surface area contributed by atoms with Crippen LogP contribution in [0.4, 0.5) is 0 Å². The first-order valence-corrected chi connectivity index (χ1v) is 6.99. The van der Waals surface area contributed by atoms with E-state index in [0.29, 0.717) is 11.4 Å². The van der Waals surface area contributed by atoms with E-state index in [0.717, 1.165) is 18.4 Å². The minimum atomic E-state index is -0.370. The van der Waals surface area contributed by atoms with Crippen LogP contribution in [-0.2, 0) is 4.79 Å². The molecule has 3 nitrogen and oxygen atoms in total. The summed E-state index contributed by atoms with van der Waals surface area (Å²) in [7, 11) is 0. The molecule has 100 valence electrons. The SMILES string of the molecule is CCC[C@H](C#N)NC(=O)[C@@H]1C[C@H]1c1ccccc1Cl. The van der Waals surface area contributed by atoms with Gasteiger partial charge in [-0.2, -0.15) is 5.26 Å². The number of amides is 1. The van der Waals surface area contributed by atoms with Crippen LogP contribution < -0.4 is 5.32 Å². The fraction of sp³-hybridized carbons (Fsp3) is 0.467. The lowest BCUT2D eigenvalue weighted by Crippen LogP contribution is -2.35. The van der Waals surface area contributed by atoms with Crippen molar-refractivity contribution in [3.63, 3.8) is 0 Å². The predicted octanol–water partition coefficient (Wildman–Crippen LogP) is 3.25. The zero-order valence-electron chi connectivity index (χ0n) is 10.9. The summed E-state index contributed by atoms with van der Waals surface area (Å²) in [5.74, 6) is 0.146. The van der Waals surface area contributed by atoms with E-state index in [2.05, 4.69) is 11.4 Å². The molecular weight excluding hydrogens is 260 g/mol. The van der Waals surface area contributed by atoms with Crippen molar-refractivity contribution in [2.24, 2.45) is 5.92 Å². The molecule has 0 aromatic heterocycles. The van der Waals surface area contributed by atoms with Gasteiger partial charge >= 0.3 is 0 Å². The molecule has 19 heavy (non-hydrogen) atoms. The molecular formula is C15H17ClN2O. The third-order valence-corrected chi connectivity index (χ3v) is 3.83. The molecule has 0 radical (unpaired) electrons. The Morgan fingerprint density at radius 1 is 1.58 bits per heavy atom. The molecule has 1 aromatic carbocycles. The van der Waals surface area contributed by atoms with Crippen LogP contribution in [0.25, 0.3) is 0 Å². The molecule has 1 fully saturated rings. The normalized spacial score (nSPS) is 22.4. The topological polar surface area (TPSA) is 52.9 Å². The van der Waals surface area contributed by atoms with Crippen molar-refractivity contribution in [2.45, 2.75) is 38.1 Å². The van der Waals surface area contributed by atoms with Crippen LogP contribution in [0.15, 0.2) is 24.3 Å². The minimum absolute atomic E-state index is 0.0232. The van der Waals surface area contributed by atoms with Crippen molar-refractivity contribution in [1.82, 2.24) is 5.32 Å². The Hall–Kier alpha value is -1.53. The summed E-state index contributed by atoms with van der Waals surface area (Å²) in [6, 6.07) is 9.39. The van der Waals surface area contributed by atoms with Crippen LogP contribution in [0.5, 0.6) is 0 Å². The van der Waals surface area contributed by atoms with E-state index < -0.39 is 0 Å². The van der Waals surface area contributed by atoms with E-state index >= 15 is 0 Å². The quantitative estimate of drug-likeness (QED) is 0.897. The number of benzene rings is 1. The van der Waals surface area contributed by atoms with Gasteiger partial charge in [-0.05, 0) is 30.4 Å². The average Bonchev–Trinajstić information content (AvgIpc) is 3.19. The number of carbonyl (C=O) groups excluding carboxylic acids is 1. The molecule has 0 unspecified atom stereocenters. The maximum atomic E-state index is 12.0. The highest BCUT2D eigenvalue weighted by molar-refractivity contribution is 6.31. The summed E-state index contributed by atoms with van der Waals surface area (Å²) in [5.41, 5.74) is 1.04. The van der Waals surface area contributed by atoms with Gasteiger partial charge in [0.05, 0.1) is 6.07 Å². The zero-order chi connectivity index (χ0) is 13.8. The van der Waals surface area contributed by atoms with Crippen molar-refractivity contribution >= 4 is 17.5 Å². The fourth-order valence-corrected chi connectivity index (χ4v) is 2.62. The van der Waals surface area contributed by atoms with Gasteiger partial charge in [-0.1, -0.05) is 43.1 Å². The van der Waals surface area contributed by atoms with Gasteiger partial charge in [-0.3, -0.25) is 4.79 Å². The molecule has 2 rings (SSSR count). The first-order valence-electron chi connectivity index (χ1n) is 6.61. The van der Waals surface area contributed by atoms with Crippen LogP contribution in [0.1, 0.15) is 37.7 Å². The van der Waals surface area contributed by atoms with E-state index in [1.54, 1.807) is 0 Å². The Kier molecular flexibility index (Phi) is 4.44. The highest BCUT2D eigenvalue weighted by atomic mass is 35.5. The fourth-order valence-electron chi connectivity index (χ4n) is 2.34. The summed E-state index contributed by atoms with van der Waals surface area (Å²) in [4.78, 5) is 12.0. The second kappa shape index (κ2) is 6.08. The molecule has 0 saturated heterocycles. The van der Waals surface area contributed by atoms with Crippen molar-refractivity contribution in [3.05, 3.63) is 34.9 Å². The second-order valence-corrected chi connectivity index (χ2v) is 5.36. The van der Waals surface area contributed by atoms with Crippen molar-refractivity contribution in [3.8, 4) is 6.07 Å². The first-order chi connectivity index (χ1) is 9.17. The van der Waals surface area contributed by atoms with Crippen LogP contribution in [0.3, 0.4) is 0 Å². The molecule has 0 bridgehead atoms. The Labute approximate surface area is 118 Å². The number of carbonyl (C=O) groups is 1. The minimum Gasteiger partial charge on any atom is -0.340 e. The highest BCUT2D eigenvalue weighted by Gasteiger charge is 2.45. The zero-order valence-corrected chi connectivity index (χ0v) is 11.7. The number of hydrogen-bond acceptors (Lipinski definition) is 2. The molecule has 1 N–H and O–H groups in total. The lowest BCUT2D eigenvalue weighted by Gasteiger charge is -2.10. The maximum absolute atomic E-state index is 12.0. The molecule has 1 aliphatic carbocycles. The number of nitriles is 1. The Morgan fingerprint density at radius 2 is 2.32 bits per heavy atom. The Morgan fingerprint density at radius 3 is 2.95 bits per heavy atom. The Bertz CT molecular complexity index is 509. The van der Waals surface area contributed by atoms with E-state index in [1.165, 1.54) is 0 Å². The lowest BCUT2D eigenvalue weighted by molar-refractivity contribution is -0.122. The lowest BCUT2D eigenvalue weighted by atomic mass is 10.1. The standard InChI is InChI=1S/C15H17ClN2O/c1-2-5-10(9-17)18-15(19)13-8-12(13)11-6-3-4-7-14(11)16/h3-4,6-7,10,12-13H,2,5,8H2,1H3,(H,18,19)/t10-,12+,13-/m1/s1. The van der Waals surface area contributed by atoms with Crippen LogP contribution >= 0.6 is 11.6 Å². The van der Waals surface area contributed by atoms with E-state index in [-0.39, 0.29) is 23.8 Å². The summed E-state index contributed by atoms with van der Waals surface area (Å²) in [6.45, 7) is 2.00. The van der Waals surface area contributed by atoms with Gasteiger partial charge in [-0.15, -0.1) is 0 Å². The molecule has 1 aromatic rings. The molecule has 1 aliphatic rings. The van der Waals surface area contributed by atoms with Crippen LogP contribution in [0, 0.1) is 17.2 Å². The van der Waals surface area contributed by atoms with Gasteiger partial charge in [0.25, 0.3) is 0 Å².